The molecule has 0 aromatic rings. The monoisotopic (exact) mass is 337 g/mol. The van der Waals surface area contributed by atoms with Crippen LogP contribution >= 0.6 is 0 Å². The normalized spacial score (nSPS) is 26.8. The van der Waals surface area contributed by atoms with Gasteiger partial charge in [0.25, 0.3) is 0 Å². The molecule has 1 atom stereocenters. The molecule has 5 nitrogen and oxygen atoms in total. The molecule has 138 valence electrons. The van der Waals surface area contributed by atoms with Crippen LogP contribution in [0.4, 0.5) is 0 Å². The highest BCUT2D eigenvalue weighted by Gasteiger charge is 2.30. The molecule has 0 spiro atoms. The summed E-state index contributed by atoms with van der Waals surface area (Å²) in [4.78, 5) is 19.3. The SMILES string of the molecule is CC1CCN(CC(O)CN2CCC(C(=O)N3CCCC3)CC2)CC1. The van der Waals surface area contributed by atoms with Crippen LogP contribution in [0.3, 0.4) is 0 Å². The molecule has 5 heteroatoms. The van der Waals surface area contributed by atoms with Gasteiger partial charge in [0.15, 0.2) is 0 Å². The van der Waals surface area contributed by atoms with Crippen molar-refractivity contribution in [2.24, 2.45) is 11.8 Å². The predicted octanol–water partition coefficient (Wildman–Crippen LogP) is 1.41. The van der Waals surface area contributed by atoms with Crippen molar-refractivity contribution >= 4 is 5.91 Å². The number of aliphatic hydroxyl groups excluding tert-OH is 1. The molecule has 3 fully saturated rings. The highest BCUT2D eigenvalue weighted by molar-refractivity contribution is 5.79. The largest absolute Gasteiger partial charge is 0.390 e. The molecule has 3 heterocycles. The Morgan fingerprint density at radius 2 is 1.42 bits per heavy atom. The smallest absolute Gasteiger partial charge is 0.225 e. The van der Waals surface area contributed by atoms with Crippen LogP contribution < -0.4 is 0 Å². The maximum atomic E-state index is 12.5. The molecular formula is C19H35N3O2. The van der Waals surface area contributed by atoms with Gasteiger partial charge in [0.1, 0.15) is 0 Å². The second kappa shape index (κ2) is 8.63. The Kier molecular flexibility index (Phi) is 6.53. The van der Waals surface area contributed by atoms with Gasteiger partial charge < -0.3 is 19.8 Å². The third-order valence-electron chi connectivity index (χ3n) is 6.17. The van der Waals surface area contributed by atoms with Crippen LogP contribution in [0.5, 0.6) is 0 Å². The van der Waals surface area contributed by atoms with Crippen LogP contribution in [0.15, 0.2) is 0 Å². The first-order valence-electron chi connectivity index (χ1n) is 10.0. The van der Waals surface area contributed by atoms with Crippen molar-refractivity contribution < 1.29 is 9.90 Å². The Balaban J connectivity index is 1.35. The lowest BCUT2D eigenvalue weighted by Crippen LogP contribution is -2.46. The Morgan fingerprint density at radius 3 is 1.96 bits per heavy atom. The van der Waals surface area contributed by atoms with Crippen LogP contribution in [-0.4, -0.2) is 84.2 Å². The molecule has 1 amide bonds. The van der Waals surface area contributed by atoms with Gasteiger partial charge in [-0.25, -0.2) is 0 Å². The molecule has 3 aliphatic heterocycles. The summed E-state index contributed by atoms with van der Waals surface area (Å²) in [5.74, 6) is 1.45. The maximum absolute atomic E-state index is 12.5. The lowest BCUT2D eigenvalue weighted by atomic mass is 9.95. The third-order valence-corrected chi connectivity index (χ3v) is 6.17. The Morgan fingerprint density at radius 1 is 0.917 bits per heavy atom. The van der Waals surface area contributed by atoms with E-state index < -0.39 is 0 Å². The van der Waals surface area contributed by atoms with E-state index in [2.05, 4.69) is 21.6 Å². The molecule has 3 rings (SSSR count). The Labute approximate surface area is 147 Å². The van der Waals surface area contributed by atoms with E-state index >= 15 is 0 Å². The van der Waals surface area contributed by atoms with Gasteiger partial charge in [-0.2, -0.15) is 0 Å². The van der Waals surface area contributed by atoms with Crippen LogP contribution in [0, 0.1) is 11.8 Å². The summed E-state index contributed by atoms with van der Waals surface area (Å²) >= 11 is 0. The molecule has 0 saturated carbocycles. The van der Waals surface area contributed by atoms with E-state index in [9.17, 15) is 9.90 Å². The van der Waals surface area contributed by atoms with Crippen LogP contribution in [0.1, 0.15) is 45.4 Å². The molecule has 3 aliphatic rings. The number of hydrogen-bond donors (Lipinski definition) is 1. The average Bonchev–Trinajstić information content (AvgIpc) is 3.11. The fourth-order valence-corrected chi connectivity index (χ4v) is 4.46. The first-order valence-corrected chi connectivity index (χ1v) is 10.0. The van der Waals surface area contributed by atoms with Crippen molar-refractivity contribution in [3.05, 3.63) is 0 Å². The molecule has 0 aromatic heterocycles. The number of β-amino-alcohol motifs (C(OH)–C–C–N with tert-alkyl or cyclic N) is 1. The Bertz CT molecular complexity index is 395. The van der Waals surface area contributed by atoms with Gasteiger partial charge in [0.05, 0.1) is 6.10 Å². The molecule has 0 aliphatic carbocycles. The van der Waals surface area contributed by atoms with Gasteiger partial charge in [-0.15, -0.1) is 0 Å². The lowest BCUT2D eigenvalue weighted by molar-refractivity contribution is -0.136. The number of carbonyl (C=O) groups is 1. The van der Waals surface area contributed by atoms with Gasteiger partial charge in [0, 0.05) is 32.1 Å². The van der Waals surface area contributed by atoms with E-state index in [0.29, 0.717) is 5.91 Å². The van der Waals surface area contributed by atoms with E-state index in [0.717, 1.165) is 71.1 Å². The molecule has 24 heavy (non-hydrogen) atoms. The fourth-order valence-electron chi connectivity index (χ4n) is 4.46. The molecule has 0 bridgehead atoms. The van der Waals surface area contributed by atoms with Crippen LogP contribution in [0.25, 0.3) is 0 Å². The number of hydrogen-bond acceptors (Lipinski definition) is 4. The standard InChI is InChI=1S/C19H35N3O2/c1-16-4-10-20(11-5-16)14-18(23)15-21-12-6-17(7-13-21)19(24)22-8-2-3-9-22/h16-18,23H,2-15H2,1H3. The summed E-state index contributed by atoms with van der Waals surface area (Å²) in [5.41, 5.74) is 0. The van der Waals surface area contributed by atoms with E-state index in [1.165, 1.54) is 25.7 Å². The quantitative estimate of drug-likeness (QED) is 0.824. The predicted molar refractivity (Wildman–Crippen MR) is 95.8 cm³/mol. The molecule has 3 saturated heterocycles. The number of carbonyl (C=O) groups excluding carboxylic acids is 1. The zero-order chi connectivity index (χ0) is 16.9. The highest BCUT2D eigenvalue weighted by Crippen LogP contribution is 2.22. The summed E-state index contributed by atoms with van der Waals surface area (Å²) in [6.07, 6.45) is 6.53. The third kappa shape index (κ3) is 4.93. The summed E-state index contributed by atoms with van der Waals surface area (Å²) in [6, 6.07) is 0. The summed E-state index contributed by atoms with van der Waals surface area (Å²) in [7, 11) is 0. The number of piperidine rings is 2. The summed E-state index contributed by atoms with van der Waals surface area (Å²) < 4.78 is 0. The van der Waals surface area contributed by atoms with Crippen molar-refractivity contribution in [2.75, 3.05) is 52.4 Å². The van der Waals surface area contributed by atoms with Crippen molar-refractivity contribution in [2.45, 2.75) is 51.6 Å². The second-order valence-corrected chi connectivity index (χ2v) is 8.24. The first kappa shape index (κ1) is 18.2. The van der Waals surface area contributed by atoms with Gasteiger partial charge in [-0.3, -0.25) is 4.79 Å². The van der Waals surface area contributed by atoms with Crippen molar-refractivity contribution in [3.8, 4) is 0 Å². The number of rotatable bonds is 5. The summed E-state index contributed by atoms with van der Waals surface area (Å²) in [6.45, 7) is 9.99. The molecule has 0 aromatic carbocycles. The number of nitrogens with zero attached hydrogens (tertiary/aromatic N) is 3. The topological polar surface area (TPSA) is 47.0 Å². The van der Waals surface area contributed by atoms with Crippen molar-refractivity contribution in [3.63, 3.8) is 0 Å². The second-order valence-electron chi connectivity index (χ2n) is 8.24. The molecule has 1 N–H and O–H groups in total. The number of aliphatic hydroxyl groups is 1. The lowest BCUT2D eigenvalue weighted by Gasteiger charge is -2.36. The number of likely N-dealkylation sites (tertiary alicyclic amines) is 3. The summed E-state index contributed by atoms with van der Waals surface area (Å²) in [5, 5.41) is 10.4. The highest BCUT2D eigenvalue weighted by atomic mass is 16.3. The molecular weight excluding hydrogens is 302 g/mol. The Hall–Kier alpha value is -0.650. The van der Waals surface area contributed by atoms with Crippen molar-refractivity contribution in [1.82, 2.24) is 14.7 Å². The van der Waals surface area contributed by atoms with Gasteiger partial charge in [-0.05, 0) is 70.6 Å². The minimum atomic E-state index is -0.260. The fraction of sp³-hybridized carbons (Fsp3) is 0.947. The maximum Gasteiger partial charge on any atom is 0.225 e. The minimum Gasteiger partial charge on any atom is -0.390 e. The van der Waals surface area contributed by atoms with Gasteiger partial charge in [-0.1, -0.05) is 6.92 Å². The molecule has 1 unspecified atom stereocenters. The van der Waals surface area contributed by atoms with E-state index in [1.54, 1.807) is 0 Å². The molecule has 0 radical (unpaired) electrons. The van der Waals surface area contributed by atoms with Gasteiger partial charge in [0.2, 0.25) is 5.91 Å². The zero-order valence-electron chi connectivity index (χ0n) is 15.3. The van der Waals surface area contributed by atoms with E-state index in [4.69, 9.17) is 0 Å². The zero-order valence-corrected chi connectivity index (χ0v) is 15.3. The van der Waals surface area contributed by atoms with Crippen LogP contribution in [-0.2, 0) is 4.79 Å². The van der Waals surface area contributed by atoms with Crippen molar-refractivity contribution in [1.29, 1.82) is 0 Å². The van der Waals surface area contributed by atoms with Crippen LogP contribution in [0.2, 0.25) is 0 Å². The van der Waals surface area contributed by atoms with Gasteiger partial charge >= 0.3 is 0 Å². The number of amides is 1. The first-order chi connectivity index (χ1) is 11.6. The average molecular weight is 338 g/mol. The van der Waals surface area contributed by atoms with E-state index in [-0.39, 0.29) is 12.0 Å². The van der Waals surface area contributed by atoms with E-state index in [1.807, 2.05) is 0 Å². The minimum absolute atomic E-state index is 0.222.